The number of hydrogen-bond acceptors (Lipinski definition) is 5. The Bertz CT molecular complexity index is 767. The molecule has 7 nitrogen and oxygen atoms in total. The molecule has 1 amide bonds. The highest BCUT2D eigenvalue weighted by Crippen LogP contribution is 2.35. The zero-order valence-corrected chi connectivity index (χ0v) is 15.4. The first-order valence-corrected chi connectivity index (χ1v) is 8.93. The van der Waals surface area contributed by atoms with Crippen LogP contribution in [-0.4, -0.2) is 41.6 Å². The zero-order valence-electron chi connectivity index (χ0n) is 14.7. The highest BCUT2D eigenvalue weighted by atomic mass is 35.5. The molecule has 1 aromatic heterocycles. The van der Waals surface area contributed by atoms with Crippen LogP contribution in [0.5, 0.6) is 5.75 Å². The van der Waals surface area contributed by atoms with E-state index in [1.807, 2.05) is 0 Å². The van der Waals surface area contributed by atoms with E-state index in [0.29, 0.717) is 40.1 Å². The summed E-state index contributed by atoms with van der Waals surface area (Å²) in [5.41, 5.74) is 13.4. The first-order valence-electron chi connectivity index (χ1n) is 8.55. The van der Waals surface area contributed by atoms with Crippen LogP contribution >= 0.6 is 11.6 Å². The van der Waals surface area contributed by atoms with Gasteiger partial charge in [0.2, 0.25) is 5.91 Å². The number of nitrogens with zero attached hydrogens (tertiary/aromatic N) is 2. The van der Waals surface area contributed by atoms with E-state index in [9.17, 15) is 4.79 Å². The summed E-state index contributed by atoms with van der Waals surface area (Å²) in [6.07, 6.45) is 3.42. The molecule has 8 heteroatoms. The molecule has 0 radical (unpaired) electrons. The average Bonchev–Trinajstić information content (AvgIpc) is 2.98. The van der Waals surface area contributed by atoms with E-state index in [1.54, 1.807) is 36.1 Å². The molecule has 140 valence electrons. The van der Waals surface area contributed by atoms with Crippen molar-refractivity contribution >= 4 is 17.5 Å². The normalized spacial score (nSPS) is 16.4. The topological polar surface area (TPSA) is 105 Å². The molecule has 1 unspecified atom stereocenters. The fraction of sp³-hybridized carbons (Fsp3) is 0.444. The first kappa shape index (κ1) is 18.7. The first-order chi connectivity index (χ1) is 12.5. The Labute approximate surface area is 157 Å². The van der Waals surface area contributed by atoms with Gasteiger partial charge in [-0.3, -0.25) is 9.48 Å². The van der Waals surface area contributed by atoms with Crippen molar-refractivity contribution < 1.29 is 14.3 Å². The maximum atomic E-state index is 11.6. The quantitative estimate of drug-likeness (QED) is 0.799. The number of aryl methyl sites for hydroxylation is 1. The van der Waals surface area contributed by atoms with Gasteiger partial charge in [-0.05, 0) is 37.0 Å². The Morgan fingerprint density at radius 2 is 2.19 bits per heavy atom. The molecule has 4 N–H and O–H groups in total. The Morgan fingerprint density at radius 3 is 2.81 bits per heavy atom. The van der Waals surface area contributed by atoms with E-state index in [0.717, 1.165) is 26.1 Å². The maximum absolute atomic E-state index is 11.6. The molecule has 1 aliphatic rings. The number of benzene rings is 1. The third-order valence-corrected chi connectivity index (χ3v) is 4.99. The van der Waals surface area contributed by atoms with Crippen LogP contribution in [0.3, 0.4) is 0 Å². The summed E-state index contributed by atoms with van der Waals surface area (Å²) in [6.45, 7) is 1.84. The molecule has 0 saturated carbocycles. The van der Waals surface area contributed by atoms with Gasteiger partial charge in [-0.1, -0.05) is 11.6 Å². The smallest absolute Gasteiger partial charge is 0.248 e. The predicted molar refractivity (Wildman–Crippen MR) is 99.2 cm³/mol. The van der Waals surface area contributed by atoms with Crippen molar-refractivity contribution in [3.05, 3.63) is 35.0 Å². The Balaban J connectivity index is 1.85. The molecule has 2 aromatic rings. The monoisotopic (exact) mass is 378 g/mol. The van der Waals surface area contributed by atoms with Gasteiger partial charge >= 0.3 is 0 Å². The van der Waals surface area contributed by atoms with Gasteiger partial charge in [0.25, 0.3) is 0 Å². The van der Waals surface area contributed by atoms with E-state index >= 15 is 0 Å². The van der Waals surface area contributed by atoms with Crippen molar-refractivity contribution in [2.75, 3.05) is 19.8 Å². The average molecular weight is 379 g/mol. The van der Waals surface area contributed by atoms with Crippen molar-refractivity contribution in [1.29, 1.82) is 0 Å². The molecule has 26 heavy (non-hydrogen) atoms. The number of ether oxygens (including phenoxy) is 2. The minimum atomic E-state index is -0.519. The maximum Gasteiger partial charge on any atom is 0.248 e. The lowest BCUT2D eigenvalue weighted by atomic mass is 9.93. The number of hydrogen-bond donors (Lipinski definition) is 2. The summed E-state index contributed by atoms with van der Waals surface area (Å²) < 4.78 is 13.0. The van der Waals surface area contributed by atoms with Gasteiger partial charge in [0, 0.05) is 37.4 Å². The SMILES string of the molecule is Cn1ncc(Cl)c1-c1cc(C(N)=O)ccc1OCC(N)C1CCOCC1. The second kappa shape index (κ2) is 8.07. The van der Waals surface area contributed by atoms with Crippen LogP contribution in [0.15, 0.2) is 24.4 Å². The number of amides is 1. The lowest BCUT2D eigenvalue weighted by Gasteiger charge is -2.27. The van der Waals surface area contributed by atoms with Crippen LogP contribution < -0.4 is 16.2 Å². The van der Waals surface area contributed by atoms with Gasteiger partial charge in [-0.2, -0.15) is 5.10 Å². The van der Waals surface area contributed by atoms with Gasteiger partial charge < -0.3 is 20.9 Å². The molecule has 2 heterocycles. The highest BCUT2D eigenvalue weighted by Gasteiger charge is 2.23. The summed E-state index contributed by atoms with van der Waals surface area (Å²) >= 11 is 6.27. The molecular weight excluding hydrogens is 356 g/mol. The van der Waals surface area contributed by atoms with Crippen molar-refractivity contribution in [2.24, 2.45) is 24.4 Å². The molecule has 1 atom stereocenters. The lowest BCUT2D eigenvalue weighted by Crippen LogP contribution is -2.39. The second-order valence-electron chi connectivity index (χ2n) is 6.46. The largest absolute Gasteiger partial charge is 0.491 e. The minimum Gasteiger partial charge on any atom is -0.491 e. The predicted octanol–water partition coefficient (Wildman–Crippen LogP) is 1.97. The molecule has 1 aliphatic heterocycles. The molecular formula is C18H23ClN4O3. The number of rotatable bonds is 6. The minimum absolute atomic E-state index is 0.0930. The molecule has 1 saturated heterocycles. The van der Waals surface area contributed by atoms with Gasteiger partial charge in [-0.15, -0.1) is 0 Å². The van der Waals surface area contributed by atoms with E-state index in [1.165, 1.54) is 0 Å². The number of aromatic nitrogens is 2. The molecule has 3 rings (SSSR count). The molecule has 0 spiro atoms. The Kier molecular flexibility index (Phi) is 5.80. The van der Waals surface area contributed by atoms with Crippen LogP contribution in [0.4, 0.5) is 0 Å². The van der Waals surface area contributed by atoms with E-state index in [-0.39, 0.29) is 6.04 Å². The lowest BCUT2D eigenvalue weighted by molar-refractivity contribution is 0.0522. The van der Waals surface area contributed by atoms with Crippen LogP contribution in [0.2, 0.25) is 5.02 Å². The Morgan fingerprint density at radius 1 is 1.46 bits per heavy atom. The van der Waals surface area contributed by atoms with Gasteiger partial charge in [0.1, 0.15) is 12.4 Å². The highest BCUT2D eigenvalue weighted by molar-refractivity contribution is 6.33. The Hall–Kier alpha value is -2.09. The van der Waals surface area contributed by atoms with Crippen molar-refractivity contribution in [3.8, 4) is 17.0 Å². The number of carbonyl (C=O) groups is 1. The fourth-order valence-electron chi connectivity index (χ4n) is 3.17. The van der Waals surface area contributed by atoms with Gasteiger partial charge in [0.05, 0.1) is 16.9 Å². The fourth-order valence-corrected chi connectivity index (χ4v) is 3.44. The molecule has 0 aliphatic carbocycles. The summed E-state index contributed by atoms with van der Waals surface area (Å²) in [4.78, 5) is 11.6. The van der Waals surface area contributed by atoms with E-state index in [4.69, 9.17) is 32.5 Å². The standard InChI is InChI=1S/C18H23ClN4O3/c1-23-17(14(19)9-22-23)13-8-12(18(21)24)2-3-16(13)26-10-15(20)11-4-6-25-7-5-11/h2-3,8-9,11,15H,4-7,10,20H2,1H3,(H2,21,24). The molecule has 1 fully saturated rings. The number of primary amides is 1. The third kappa shape index (κ3) is 4.00. The van der Waals surface area contributed by atoms with Gasteiger partial charge in [-0.25, -0.2) is 0 Å². The summed E-state index contributed by atoms with van der Waals surface area (Å²) in [7, 11) is 1.77. The molecule has 1 aromatic carbocycles. The van der Waals surface area contributed by atoms with Gasteiger partial charge in [0.15, 0.2) is 0 Å². The third-order valence-electron chi connectivity index (χ3n) is 4.72. The van der Waals surface area contributed by atoms with Crippen LogP contribution in [-0.2, 0) is 11.8 Å². The number of halogens is 1. The zero-order chi connectivity index (χ0) is 18.7. The molecule has 0 bridgehead atoms. The summed E-state index contributed by atoms with van der Waals surface area (Å²) in [6, 6.07) is 4.92. The van der Waals surface area contributed by atoms with Crippen LogP contribution in [0.25, 0.3) is 11.3 Å². The van der Waals surface area contributed by atoms with E-state index in [2.05, 4.69) is 5.10 Å². The number of nitrogens with two attached hydrogens (primary N) is 2. The summed E-state index contributed by atoms with van der Waals surface area (Å²) in [5, 5.41) is 4.62. The number of carbonyl (C=O) groups excluding carboxylic acids is 1. The van der Waals surface area contributed by atoms with Crippen LogP contribution in [0, 0.1) is 5.92 Å². The van der Waals surface area contributed by atoms with Crippen molar-refractivity contribution in [3.63, 3.8) is 0 Å². The van der Waals surface area contributed by atoms with Crippen molar-refractivity contribution in [2.45, 2.75) is 18.9 Å². The van der Waals surface area contributed by atoms with Crippen LogP contribution in [0.1, 0.15) is 23.2 Å². The second-order valence-corrected chi connectivity index (χ2v) is 6.87. The summed E-state index contributed by atoms with van der Waals surface area (Å²) in [5.74, 6) is 0.440. The van der Waals surface area contributed by atoms with Crippen molar-refractivity contribution in [1.82, 2.24) is 9.78 Å². The van der Waals surface area contributed by atoms with E-state index < -0.39 is 5.91 Å².